The van der Waals surface area contributed by atoms with Crippen LogP contribution in [0.5, 0.6) is 0 Å². The molecule has 104 valence electrons. The van der Waals surface area contributed by atoms with E-state index in [0.29, 0.717) is 17.4 Å². The number of rotatable bonds is 4. The summed E-state index contributed by atoms with van der Waals surface area (Å²) in [6.45, 7) is 1.77. The summed E-state index contributed by atoms with van der Waals surface area (Å²) in [4.78, 5) is 18.3. The first-order valence-electron chi connectivity index (χ1n) is 6.83. The number of anilines is 1. The second-order valence-electron chi connectivity index (χ2n) is 5.07. The quantitative estimate of drug-likeness (QED) is 0.858. The van der Waals surface area contributed by atoms with Gasteiger partial charge in [-0.15, -0.1) is 0 Å². The van der Waals surface area contributed by atoms with Crippen LogP contribution < -0.4 is 5.73 Å². The maximum atomic E-state index is 12.3. The number of hydrogen-bond acceptors (Lipinski definition) is 4. The van der Waals surface area contributed by atoms with Crippen molar-refractivity contribution >= 4 is 11.7 Å². The smallest absolute Gasteiger partial charge is 0.272 e. The van der Waals surface area contributed by atoms with Gasteiger partial charge in [-0.05, 0) is 43.7 Å². The molecule has 3 N–H and O–H groups in total. The van der Waals surface area contributed by atoms with Crippen LogP contribution in [0, 0.1) is 5.92 Å². The van der Waals surface area contributed by atoms with Gasteiger partial charge >= 0.3 is 0 Å². The van der Waals surface area contributed by atoms with E-state index in [2.05, 4.69) is 4.98 Å². The molecule has 0 aliphatic carbocycles. The molecule has 1 atom stereocenters. The normalized spacial score (nSPS) is 19.4. The molecule has 19 heavy (non-hydrogen) atoms. The van der Waals surface area contributed by atoms with Crippen LogP contribution in [0.2, 0.25) is 0 Å². The molecule has 1 fully saturated rings. The van der Waals surface area contributed by atoms with Gasteiger partial charge in [-0.3, -0.25) is 4.79 Å². The minimum absolute atomic E-state index is 0.0407. The van der Waals surface area contributed by atoms with Gasteiger partial charge in [-0.1, -0.05) is 6.07 Å². The summed E-state index contributed by atoms with van der Waals surface area (Å²) in [7, 11) is 0. The first kappa shape index (κ1) is 13.8. The van der Waals surface area contributed by atoms with Gasteiger partial charge in [-0.25, -0.2) is 4.98 Å². The monoisotopic (exact) mass is 263 g/mol. The van der Waals surface area contributed by atoms with Crippen molar-refractivity contribution in [3.05, 3.63) is 23.9 Å². The van der Waals surface area contributed by atoms with Crippen molar-refractivity contribution in [2.24, 2.45) is 5.92 Å². The SMILES string of the molecule is Nc1cccc(C(=O)N2CCC[C@@H](CCCO)C2)n1. The summed E-state index contributed by atoms with van der Waals surface area (Å²) in [5, 5.41) is 8.88. The molecule has 1 aliphatic heterocycles. The molecular weight excluding hydrogens is 242 g/mol. The summed E-state index contributed by atoms with van der Waals surface area (Å²) < 4.78 is 0. The molecule has 5 nitrogen and oxygen atoms in total. The highest BCUT2D eigenvalue weighted by atomic mass is 16.2. The molecule has 0 bridgehead atoms. The van der Waals surface area contributed by atoms with Crippen LogP contribution in [-0.4, -0.2) is 40.6 Å². The Bertz CT molecular complexity index is 436. The average molecular weight is 263 g/mol. The van der Waals surface area contributed by atoms with Gasteiger partial charge in [0.25, 0.3) is 5.91 Å². The van der Waals surface area contributed by atoms with E-state index in [9.17, 15) is 4.79 Å². The minimum atomic E-state index is -0.0407. The molecular formula is C14H21N3O2. The third kappa shape index (κ3) is 3.67. The van der Waals surface area contributed by atoms with Gasteiger partial charge in [0.2, 0.25) is 0 Å². The molecule has 2 heterocycles. The van der Waals surface area contributed by atoms with E-state index in [4.69, 9.17) is 10.8 Å². The number of nitrogens with two attached hydrogens (primary N) is 1. The first-order chi connectivity index (χ1) is 9.20. The average Bonchev–Trinajstić information content (AvgIpc) is 2.44. The van der Waals surface area contributed by atoms with Crippen LogP contribution in [0.3, 0.4) is 0 Å². The van der Waals surface area contributed by atoms with Crippen molar-refractivity contribution in [3.63, 3.8) is 0 Å². The summed E-state index contributed by atoms with van der Waals surface area (Å²) >= 11 is 0. The molecule has 2 rings (SSSR count). The second kappa shape index (κ2) is 6.52. The third-order valence-electron chi connectivity index (χ3n) is 3.57. The number of nitrogens with zero attached hydrogens (tertiary/aromatic N) is 2. The van der Waals surface area contributed by atoms with Crippen LogP contribution in [0.25, 0.3) is 0 Å². The first-order valence-corrected chi connectivity index (χ1v) is 6.83. The lowest BCUT2D eigenvalue weighted by molar-refractivity contribution is 0.0658. The van der Waals surface area contributed by atoms with Crippen LogP contribution in [0.1, 0.15) is 36.2 Å². The zero-order chi connectivity index (χ0) is 13.7. The number of hydrogen-bond donors (Lipinski definition) is 2. The maximum absolute atomic E-state index is 12.3. The molecule has 0 unspecified atom stereocenters. The van der Waals surface area contributed by atoms with Gasteiger partial charge in [0, 0.05) is 19.7 Å². The Morgan fingerprint density at radius 2 is 2.37 bits per heavy atom. The van der Waals surface area contributed by atoms with Gasteiger partial charge in [0.15, 0.2) is 0 Å². The number of aromatic nitrogens is 1. The molecule has 0 radical (unpaired) electrons. The number of carbonyl (C=O) groups excluding carboxylic acids is 1. The minimum Gasteiger partial charge on any atom is -0.396 e. The lowest BCUT2D eigenvalue weighted by atomic mass is 9.93. The molecule has 1 aromatic rings. The lowest BCUT2D eigenvalue weighted by Gasteiger charge is -2.32. The number of likely N-dealkylation sites (tertiary alicyclic amines) is 1. The van der Waals surface area contributed by atoms with Crippen LogP contribution >= 0.6 is 0 Å². The highest BCUT2D eigenvalue weighted by molar-refractivity contribution is 5.92. The van der Waals surface area contributed by atoms with Crippen molar-refractivity contribution in [2.75, 3.05) is 25.4 Å². The maximum Gasteiger partial charge on any atom is 0.272 e. The Balaban J connectivity index is 1.99. The zero-order valence-electron chi connectivity index (χ0n) is 11.1. The number of piperidine rings is 1. The largest absolute Gasteiger partial charge is 0.396 e. The predicted octanol–water partition coefficient (Wildman–Crippen LogP) is 1.29. The Kier molecular flexibility index (Phi) is 4.74. The zero-order valence-corrected chi connectivity index (χ0v) is 11.1. The Morgan fingerprint density at radius 3 is 3.11 bits per heavy atom. The number of nitrogen functional groups attached to an aromatic ring is 1. The van der Waals surface area contributed by atoms with E-state index in [1.165, 1.54) is 0 Å². The highest BCUT2D eigenvalue weighted by Gasteiger charge is 2.24. The molecule has 0 saturated carbocycles. The van der Waals surface area contributed by atoms with Crippen LogP contribution in [-0.2, 0) is 0 Å². The molecule has 0 spiro atoms. The fourth-order valence-electron chi connectivity index (χ4n) is 2.60. The predicted molar refractivity (Wildman–Crippen MR) is 73.6 cm³/mol. The van der Waals surface area contributed by atoms with E-state index >= 15 is 0 Å². The standard InChI is InChI=1S/C14H21N3O2/c15-13-7-1-6-12(16-13)14(19)17-8-2-4-11(10-17)5-3-9-18/h1,6-7,11,18H,2-5,8-10H2,(H2,15,16)/t11-/m0/s1. The van der Waals surface area contributed by atoms with E-state index in [1.54, 1.807) is 18.2 Å². The van der Waals surface area contributed by atoms with E-state index in [1.807, 2.05) is 4.90 Å². The van der Waals surface area contributed by atoms with Crippen molar-refractivity contribution < 1.29 is 9.90 Å². The summed E-state index contributed by atoms with van der Waals surface area (Å²) in [5.74, 6) is 0.826. The second-order valence-corrected chi connectivity index (χ2v) is 5.07. The Hall–Kier alpha value is -1.62. The number of aliphatic hydroxyl groups excluding tert-OH is 1. The van der Waals surface area contributed by atoms with E-state index < -0.39 is 0 Å². The van der Waals surface area contributed by atoms with Crippen molar-refractivity contribution in [3.8, 4) is 0 Å². The topological polar surface area (TPSA) is 79.5 Å². The molecule has 1 aliphatic rings. The van der Waals surface area contributed by atoms with E-state index in [-0.39, 0.29) is 12.5 Å². The molecule has 1 amide bonds. The van der Waals surface area contributed by atoms with Gasteiger partial charge < -0.3 is 15.7 Å². The Labute approximate surface area is 113 Å². The van der Waals surface area contributed by atoms with Crippen molar-refractivity contribution in [1.29, 1.82) is 0 Å². The fourth-order valence-corrected chi connectivity index (χ4v) is 2.60. The van der Waals surface area contributed by atoms with Crippen molar-refractivity contribution in [2.45, 2.75) is 25.7 Å². The third-order valence-corrected chi connectivity index (χ3v) is 3.57. The molecule has 0 aromatic carbocycles. The highest BCUT2D eigenvalue weighted by Crippen LogP contribution is 2.22. The van der Waals surface area contributed by atoms with Gasteiger partial charge in [-0.2, -0.15) is 0 Å². The molecule has 1 saturated heterocycles. The van der Waals surface area contributed by atoms with Gasteiger partial charge in [0.1, 0.15) is 11.5 Å². The lowest BCUT2D eigenvalue weighted by Crippen LogP contribution is -2.40. The van der Waals surface area contributed by atoms with Crippen LogP contribution in [0.4, 0.5) is 5.82 Å². The number of carbonyl (C=O) groups is 1. The molecule has 5 heteroatoms. The van der Waals surface area contributed by atoms with E-state index in [0.717, 1.165) is 38.8 Å². The summed E-state index contributed by atoms with van der Waals surface area (Å²) in [6.07, 6.45) is 3.94. The number of aliphatic hydroxyl groups is 1. The fraction of sp³-hybridized carbons (Fsp3) is 0.571. The van der Waals surface area contributed by atoms with Crippen molar-refractivity contribution in [1.82, 2.24) is 9.88 Å². The number of pyridine rings is 1. The summed E-state index contributed by atoms with van der Waals surface area (Å²) in [5.41, 5.74) is 6.03. The molecule has 1 aromatic heterocycles. The van der Waals surface area contributed by atoms with Gasteiger partial charge in [0.05, 0.1) is 0 Å². The Morgan fingerprint density at radius 1 is 1.53 bits per heavy atom. The number of amides is 1. The van der Waals surface area contributed by atoms with Crippen LogP contribution in [0.15, 0.2) is 18.2 Å². The summed E-state index contributed by atoms with van der Waals surface area (Å²) in [6, 6.07) is 5.13.